The van der Waals surface area contributed by atoms with Crippen molar-refractivity contribution in [3.8, 4) is 11.5 Å². The molecule has 0 amide bonds. The summed E-state index contributed by atoms with van der Waals surface area (Å²) in [6, 6.07) is 7.52. The smallest absolute Gasteiger partial charge is 0.313 e. The largest absolute Gasteiger partial charge is 0.487 e. The second-order valence-electron chi connectivity index (χ2n) is 7.92. The van der Waals surface area contributed by atoms with Gasteiger partial charge in [-0.3, -0.25) is 4.79 Å². The van der Waals surface area contributed by atoms with Crippen LogP contribution in [0.15, 0.2) is 30.3 Å². The quantitative estimate of drug-likeness (QED) is 0.827. The first-order valence-corrected chi connectivity index (χ1v) is 8.67. The fourth-order valence-corrected chi connectivity index (χ4v) is 3.13. The van der Waals surface area contributed by atoms with Gasteiger partial charge in [0.15, 0.2) is 17.4 Å². The summed E-state index contributed by atoms with van der Waals surface area (Å²) in [7, 11) is 0. The van der Waals surface area contributed by atoms with E-state index in [-0.39, 0.29) is 17.8 Å². The van der Waals surface area contributed by atoms with Crippen molar-refractivity contribution in [3.63, 3.8) is 0 Å². The fraction of sp³-hybridized carbons (Fsp3) is 0.381. The maximum absolute atomic E-state index is 14.4. The molecule has 0 saturated heterocycles. The second kappa shape index (κ2) is 6.51. The number of carboxylic acid groups (broad SMARTS) is 1. The first kappa shape index (κ1) is 19.1. The van der Waals surface area contributed by atoms with Crippen LogP contribution in [-0.4, -0.2) is 16.7 Å². The van der Waals surface area contributed by atoms with Gasteiger partial charge < -0.3 is 14.6 Å². The zero-order valence-corrected chi connectivity index (χ0v) is 15.7. The van der Waals surface area contributed by atoms with Crippen molar-refractivity contribution in [2.75, 3.05) is 0 Å². The summed E-state index contributed by atoms with van der Waals surface area (Å²) in [5.74, 6) is -2.79. The minimum absolute atomic E-state index is 0.0158. The molecule has 2 aromatic rings. The Morgan fingerprint density at radius 2 is 1.89 bits per heavy atom. The number of halogens is 2. The number of fused-ring (bicyclic) bond motifs is 1. The minimum Gasteiger partial charge on any atom is -0.487 e. The van der Waals surface area contributed by atoms with Crippen molar-refractivity contribution >= 4 is 5.97 Å². The minimum atomic E-state index is -1.41. The molecule has 2 aromatic carbocycles. The molecule has 0 radical (unpaired) electrons. The Labute approximate surface area is 156 Å². The number of carboxylic acids is 1. The zero-order chi connectivity index (χ0) is 20.0. The number of ether oxygens (including phenoxy) is 2. The van der Waals surface area contributed by atoms with Gasteiger partial charge in [-0.1, -0.05) is 12.1 Å². The van der Waals surface area contributed by atoms with Crippen LogP contribution in [0.2, 0.25) is 0 Å². The van der Waals surface area contributed by atoms with Crippen LogP contribution in [-0.2, 0) is 23.2 Å². The summed E-state index contributed by atoms with van der Waals surface area (Å²) in [4.78, 5) is 11.3. The molecule has 4 nitrogen and oxygen atoms in total. The van der Waals surface area contributed by atoms with E-state index in [1.165, 1.54) is 13.8 Å². The third-order valence-corrected chi connectivity index (χ3v) is 4.85. The molecule has 0 saturated carbocycles. The van der Waals surface area contributed by atoms with Crippen LogP contribution in [0.4, 0.5) is 8.78 Å². The molecule has 0 bridgehead atoms. The Kier molecular flexibility index (Phi) is 4.62. The van der Waals surface area contributed by atoms with Gasteiger partial charge in [0.1, 0.15) is 18.0 Å². The van der Waals surface area contributed by atoms with Crippen molar-refractivity contribution in [1.82, 2.24) is 0 Å². The van der Waals surface area contributed by atoms with E-state index < -0.39 is 28.8 Å². The lowest BCUT2D eigenvalue weighted by Crippen LogP contribution is -2.28. The first-order chi connectivity index (χ1) is 12.5. The lowest BCUT2D eigenvalue weighted by atomic mass is 9.84. The van der Waals surface area contributed by atoms with Gasteiger partial charge in [-0.25, -0.2) is 8.78 Å². The Balaban J connectivity index is 1.85. The van der Waals surface area contributed by atoms with Crippen molar-refractivity contribution in [2.24, 2.45) is 0 Å². The summed E-state index contributed by atoms with van der Waals surface area (Å²) in [6.07, 6.45) is 0.679. The van der Waals surface area contributed by atoms with Gasteiger partial charge in [0.2, 0.25) is 0 Å². The summed E-state index contributed by atoms with van der Waals surface area (Å²) >= 11 is 0. The number of benzene rings is 2. The van der Waals surface area contributed by atoms with Crippen LogP contribution in [0, 0.1) is 11.6 Å². The molecule has 144 valence electrons. The van der Waals surface area contributed by atoms with Gasteiger partial charge in [-0.05, 0) is 57.0 Å². The van der Waals surface area contributed by atoms with E-state index in [0.717, 1.165) is 29.0 Å². The molecule has 0 fully saturated rings. The molecular formula is C21H22F2O4. The van der Waals surface area contributed by atoms with Crippen LogP contribution in [0.1, 0.15) is 44.4 Å². The highest BCUT2D eigenvalue weighted by Crippen LogP contribution is 2.37. The van der Waals surface area contributed by atoms with Crippen molar-refractivity contribution in [1.29, 1.82) is 0 Å². The van der Waals surface area contributed by atoms with Crippen LogP contribution >= 0.6 is 0 Å². The lowest BCUT2D eigenvalue weighted by Gasteiger charge is -2.21. The Morgan fingerprint density at radius 1 is 1.26 bits per heavy atom. The summed E-state index contributed by atoms with van der Waals surface area (Å²) in [5.41, 5.74) is 0.0504. The fourth-order valence-electron chi connectivity index (χ4n) is 3.13. The Hall–Kier alpha value is -2.63. The summed E-state index contributed by atoms with van der Waals surface area (Å²) in [5, 5.41) is 9.24. The van der Waals surface area contributed by atoms with Gasteiger partial charge in [0.05, 0.1) is 5.41 Å². The van der Waals surface area contributed by atoms with E-state index in [9.17, 15) is 18.7 Å². The molecule has 0 aliphatic carbocycles. The number of aliphatic carboxylic acids is 1. The molecule has 0 spiro atoms. The Bertz CT molecular complexity index is 880. The molecular weight excluding hydrogens is 354 g/mol. The van der Waals surface area contributed by atoms with E-state index in [0.29, 0.717) is 6.42 Å². The topological polar surface area (TPSA) is 55.8 Å². The maximum atomic E-state index is 14.4. The van der Waals surface area contributed by atoms with E-state index in [2.05, 4.69) is 0 Å². The SMILES string of the molecule is CC1(C)Cc2c(COc3c(F)cc(C(C)(C)C(=O)O)cc3F)cccc2O1. The van der Waals surface area contributed by atoms with Gasteiger partial charge in [0.25, 0.3) is 0 Å². The molecule has 6 heteroatoms. The van der Waals surface area contributed by atoms with E-state index >= 15 is 0 Å². The first-order valence-electron chi connectivity index (χ1n) is 8.67. The van der Waals surface area contributed by atoms with Crippen LogP contribution in [0.3, 0.4) is 0 Å². The van der Waals surface area contributed by atoms with Crippen molar-refractivity contribution < 1.29 is 28.2 Å². The number of carbonyl (C=O) groups is 1. The molecule has 0 aromatic heterocycles. The third kappa shape index (κ3) is 3.61. The third-order valence-electron chi connectivity index (χ3n) is 4.85. The highest BCUT2D eigenvalue weighted by Gasteiger charge is 2.33. The van der Waals surface area contributed by atoms with Gasteiger partial charge >= 0.3 is 5.97 Å². The number of rotatable bonds is 5. The van der Waals surface area contributed by atoms with Crippen LogP contribution in [0.5, 0.6) is 11.5 Å². The number of hydrogen-bond donors (Lipinski definition) is 1. The molecule has 1 N–H and O–H groups in total. The molecule has 0 unspecified atom stereocenters. The molecule has 3 rings (SSSR count). The van der Waals surface area contributed by atoms with E-state index in [1.54, 1.807) is 0 Å². The average molecular weight is 376 g/mol. The molecule has 27 heavy (non-hydrogen) atoms. The van der Waals surface area contributed by atoms with Crippen molar-refractivity contribution in [3.05, 3.63) is 58.7 Å². The van der Waals surface area contributed by atoms with Gasteiger partial charge in [-0.15, -0.1) is 0 Å². The van der Waals surface area contributed by atoms with E-state index in [4.69, 9.17) is 9.47 Å². The van der Waals surface area contributed by atoms with Crippen LogP contribution in [0.25, 0.3) is 0 Å². The number of hydrogen-bond acceptors (Lipinski definition) is 3. The maximum Gasteiger partial charge on any atom is 0.313 e. The van der Waals surface area contributed by atoms with Crippen molar-refractivity contribution in [2.45, 2.75) is 51.7 Å². The van der Waals surface area contributed by atoms with E-state index in [1.807, 2.05) is 32.0 Å². The van der Waals surface area contributed by atoms with Gasteiger partial charge in [-0.2, -0.15) is 0 Å². The molecule has 0 atom stereocenters. The molecule has 1 heterocycles. The van der Waals surface area contributed by atoms with Gasteiger partial charge in [0, 0.05) is 12.0 Å². The predicted molar refractivity (Wildman–Crippen MR) is 96.2 cm³/mol. The lowest BCUT2D eigenvalue weighted by molar-refractivity contribution is -0.142. The Morgan fingerprint density at radius 3 is 2.48 bits per heavy atom. The highest BCUT2D eigenvalue weighted by molar-refractivity contribution is 5.80. The summed E-state index contributed by atoms with van der Waals surface area (Å²) < 4.78 is 40.1. The summed E-state index contributed by atoms with van der Waals surface area (Å²) in [6.45, 7) is 6.70. The predicted octanol–water partition coefficient (Wildman–Crippen LogP) is 4.62. The average Bonchev–Trinajstić information content (AvgIpc) is 2.88. The van der Waals surface area contributed by atoms with Crippen LogP contribution < -0.4 is 9.47 Å². The molecule has 1 aliphatic heterocycles. The monoisotopic (exact) mass is 376 g/mol. The highest BCUT2D eigenvalue weighted by atomic mass is 19.1. The zero-order valence-electron chi connectivity index (χ0n) is 15.7. The normalized spacial score (nSPS) is 15.2. The molecule has 1 aliphatic rings. The second-order valence-corrected chi connectivity index (χ2v) is 7.92. The standard InChI is InChI=1S/C21H22F2O4/c1-20(2)10-14-12(6-5-7-17(14)27-20)11-26-18-15(22)8-13(9-16(18)23)21(3,4)19(24)25/h5-9H,10-11H2,1-4H3,(H,24,25).